The highest BCUT2D eigenvalue weighted by atomic mass is 16.6. The van der Waals surface area contributed by atoms with Gasteiger partial charge in [-0.15, -0.1) is 0 Å². The first kappa shape index (κ1) is 23.4. The van der Waals surface area contributed by atoms with Gasteiger partial charge < -0.3 is 18.9 Å². The zero-order chi connectivity index (χ0) is 24.2. The van der Waals surface area contributed by atoms with Crippen LogP contribution in [0.2, 0.25) is 0 Å². The minimum absolute atomic E-state index is 0.0142. The summed E-state index contributed by atoms with van der Waals surface area (Å²) in [6.07, 6.45) is 3.77. The molecule has 2 aromatic rings. The summed E-state index contributed by atoms with van der Waals surface area (Å²) in [6.45, 7) is -0.224. The van der Waals surface area contributed by atoms with Crippen molar-refractivity contribution < 1.29 is 25.1 Å². The number of benzene rings is 2. The summed E-state index contributed by atoms with van der Waals surface area (Å²) < 4.78 is 29.8. The molecule has 4 unspecified atom stereocenters. The van der Waals surface area contributed by atoms with Crippen LogP contribution >= 0.6 is 0 Å². The second-order valence-corrected chi connectivity index (χ2v) is 8.20. The molecule has 6 heteroatoms. The molecule has 0 radical (unpaired) electrons. The number of nitriles is 1. The summed E-state index contributed by atoms with van der Waals surface area (Å²) in [7, 11) is 1.47. The van der Waals surface area contributed by atoms with Gasteiger partial charge in [-0.3, -0.25) is 4.79 Å². The van der Waals surface area contributed by atoms with Gasteiger partial charge in [-0.25, -0.2) is 0 Å². The van der Waals surface area contributed by atoms with E-state index in [4.69, 9.17) is 15.6 Å². The molecule has 2 aromatic carbocycles. The molecule has 1 saturated carbocycles. The molecule has 0 spiro atoms. The van der Waals surface area contributed by atoms with Crippen LogP contribution in [0.15, 0.2) is 60.7 Å². The van der Waals surface area contributed by atoms with Crippen LogP contribution in [0, 0.1) is 17.2 Å². The van der Waals surface area contributed by atoms with Crippen molar-refractivity contribution in [3.8, 4) is 6.07 Å². The number of rotatable bonds is 7. The molecule has 2 fully saturated rings. The van der Waals surface area contributed by atoms with E-state index in [0.717, 1.165) is 24.0 Å². The Labute approximate surface area is 197 Å². The minimum atomic E-state index is -0.931. The fraction of sp³-hybridized carbons (Fsp3) is 0.481. The van der Waals surface area contributed by atoms with Gasteiger partial charge in [0.15, 0.2) is 6.10 Å². The zero-order valence-corrected chi connectivity index (χ0v) is 19.1. The molecule has 4 rings (SSSR count). The summed E-state index contributed by atoms with van der Waals surface area (Å²) in [6, 6.07) is 21.5. The summed E-state index contributed by atoms with van der Waals surface area (Å²) in [5.74, 6) is 0.193. The normalized spacial score (nSPS) is 25.3. The van der Waals surface area contributed by atoms with E-state index in [1.807, 2.05) is 60.7 Å². The molecule has 0 amide bonds. The average molecular weight is 453 g/mol. The van der Waals surface area contributed by atoms with Gasteiger partial charge >= 0.3 is 5.97 Å². The van der Waals surface area contributed by atoms with Gasteiger partial charge in [-0.2, -0.15) is 5.26 Å². The maximum Gasteiger partial charge on any atom is 0.308 e. The Morgan fingerprint density at radius 3 is 2.12 bits per heavy atom. The monoisotopic (exact) mass is 452 g/mol. The SMILES string of the molecule is COC(=O)C1CCCCC1.[2H]C1OC(C#N)C(OCc2ccccc2)C1OCc1ccccc1. The number of hydrogen-bond acceptors (Lipinski definition) is 6. The first-order valence-corrected chi connectivity index (χ1v) is 11.5. The van der Waals surface area contributed by atoms with Gasteiger partial charge in [-0.05, 0) is 24.0 Å². The fourth-order valence-corrected chi connectivity index (χ4v) is 3.95. The topological polar surface area (TPSA) is 77.8 Å². The number of hydrogen-bond donors (Lipinski definition) is 0. The largest absolute Gasteiger partial charge is 0.469 e. The van der Waals surface area contributed by atoms with Crippen molar-refractivity contribution in [3.63, 3.8) is 0 Å². The Morgan fingerprint density at radius 2 is 1.58 bits per heavy atom. The molecular formula is C27H33NO5. The molecule has 0 aromatic heterocycles. The van der Waals surface area contributed by atoms with Crippen molar-refractivity contribution in [1.29, 1.82) is 5.26 Å². The number of ether oxygens (including phenoxy) is 4. The van der Waals surface area contributed by atoms with Crippen LogP contribution in [-0.4, -0.2) is 38.0 Å². The quantitative estimate of drug-likeness (QED) is 0.561. The lowest BCUT2D eigenvalue weighted by atomic mass is 9.89. The van der Waals surface area contributed by atoms with E-state index in [-0.39, 0.29) is 11.9 Å². The molecule has 1 aliphatic heterocycles. The van der Waals surface area contributed by atoms with Gasteiger partial charge in [0.2, 0.25) is 0 Å². The lowest BCUT2D eigenvalue weighted by Crippen LogP contribution is -2.34. The molecule has 176 valence electrons. The maximum atomic E-state index is 10.9. The molecular weight excluding hydrogens is 418 g/mol. The Bertz CT molecular complexity index is 898. The second kappa shape index (κ2) is 13.7. The first-order chi connectivity index (χ1) is 16.6. The van der Waals surface area contributed by atoms with Crippen molar-refractivity contribution in [2.45, 2.75) is 63.6 Å². The van der Waals surface area contributed by atoms with E-state index >= 15 is 0 Å². The Morgan fingerprint density at radius 1 is 1.00 bits per heavy atom. The van der Waals surface area contributed by atoms with Gasteiger partial charge in [0.25, 0.3) is 0 Å². The van der Waals surface area contributed by atoms with Gasteiger partial charge in [0.05, 0.1) is 40.3 Å². The summed E-state index contributed by atoms with van der Waals surface area (Å²) in [5, 5.41) is 9.26. The fourth-order valence-electron chi connectivity index (χ4n) is 3.95. The van der Waals surface area contributed by atoms with Crippen LogP contribution in [0.3, 0.4) is 0 Å². The molecule has 33 heavy (non-hydrogen) atoms. The van der Waals surface area contributed by atoms with Crippen molar-refractivity contribution in [2.75, 3.05) is 13.7 Å². The van der Waals surface area contributed by atoms with Crippen LogP contribution in [0.25, 0.3) is 0 Å². The number of carbonyl (C=O) groups is 1. The summed E-state index contributed by atoms with van der Waals surface area (Å²) in [4.78, 5) is 10.9. The lowest BCUT2D eigenvalue weighted by Gasteiger charge is -2.20. The average Bonchev–Trinajstić information content (AvgIpc) is 3.21. The predicted octanol–water partition coefficient (Wildman–Crippen LogP) is 4.82. The van der Waals surface area contributed by atoms with Crippen molar-refractivity contribution in [2.24, 2.45) is 5.92 Å². The highest BCUT2D eigenvalue weighted by Gasteiger charge is 2.39. The molecule has 1 saturated heterocycles. The second-order valence-electron chi connectivity index (χ2n) is 8.20. The third-order valence-corrected chi connectivity index (χ3v) is 5.82. The van der Waals surface area contributed by atoms with E-state index < -0.39 is 24.9 Å². The van der Waals surface area contributed by atoms with Crippen LogP contribution < -0.4 is 0 Å². The number of esters is 1. The van der Waals surface area contributed by atoms with Crippen LogP contribution in [0.1, 0.15) is 44.6 Å². The standard InChI is InChI=1S/C19H19NO3.C8H14O2/c20-11-17-19(23-13-16-9-5-2-6-10-16)18(14-22-17)21-12-15-7-3-1-4-8-15;1-10-8(9)7-5-3-2-4-6-7/h1-10,17-19H,12-14H2;7H,2-6H2,1H3/i14D;. The molecule has 1 aliphatic carbocycles. The Balaban J connectivity index is 0.000000271. The van der Waals surface area contributed by atoms with E-state index in [2.05, 4.69) is 10.8 Å². The van der Waals surface area contributed by atoms with Crippen molar-refractivity contribution in [3.05, 3.63) is 71.8 Å². The molecule has 0 bridgehead atoms. The lowest BCUT2D eigenvalue weighted by molar-refractivity contribution is -0.146. The third kappa shape index (κ3) is 7.97. The van der Waals surface area contributed by atoms with Gasteiger partial charge in [-0.1, -0.05) is 79.9 Å². The van der Waals surface area contributed by atoms with Crippen molar-refractivity contribution >= 4 is 5.97 Å². The third-order valence-electron chi connectivity index (χ3n) is 5.82. The van der Waals surface area contributed by atoms with E-state index in [9.17, 15) is 10.1 Å². The number of methoxy groups -OCH3 is 1. The van der Waals surface area contributed by atoms with E-state index in [1.165, 1.54) is 26.4 Å². The molecule has 2 aliphatic rings. The van der Waals surface area contributed by atoms with Crippen LogP contribution in [0.5, 0.6) is 0 Å². The van der Waals surface area contributed by atoms with Crippen LogP contribution in [-0.2, 0) is 37.0 Å². The summed E-state index contributed by atoms with van der Waals surface area (Å²) in [5.41, 5.74) is 2.01. The smallest absolute Gasteiger partial charge is 0.308 e. The predicted molar refractivity (Wildman–Crippen MR) is 124 cm³/mol. The molecule has 6 nitrogen and oxygen atoms in total. The maximum absolute atomic E-state index is 10.9. The first-order valence-electron chi connectivity index (χ1n) is 12.1. The summed E-state index contributed by atoms with van der Waals surface area (Å²) >= 11 is 0. The minimum Gasteiger partial charge on any atom is -0.469 e. The Hall–Kier alpha value is -2.72. The highest BCUT2D eigenvalue weighted by molar-refractivity contribution is 5.72. The van der Waals surface area contributed by atoms with Gasteiger partial charge in [0.1, 0.15) is 12.2 Å². The highest BCUT2D eigenvalue weighted by Crippen LogP contribution is 2.24. The van der Waals surface area contributed by atoms with Crippen LogP contribution in [0.4, 0.5) is 0 Å². The molecule has 0 N–H and O–H groups in total. The molecule has 1 heterocycles. The van der Waals surface area contributed by atoms with E-state index in [1.54, 1.807) is 0 Å². The zero-order valence-electron chi connectivity index (χ0n) is 20.1. The number of nitrogens with zero attached hydrogens (tertiary/aromatic N) is 1. The Kier molecular flexibility index (Phi) is 9.76. The molecule has 4 atom stereocenters. The number of carbonyl (C=O) groups excluding carboxylic acids is 1. The van der Waals surface area contributed by atoms with E-state index in [0.29, 0.717) is 13.2 Å². The van der Waals surface area contributed by atoms with Crippen molar-refractivity contribution in [1.82, 2.24) is 0 Å². The van der Waals surface area contributed by atoms with Gasteiger partial charge in [0, 0.05) is 0 Å².